The number of carbonyl (C=O) groups excluding carboxylic acids is 1. The molecule has 6 nitrogen and oxygen atoms in total. The van der Waals surface area contributed by atoms with Crippen LogP contribution in [0, 0.1) is 5.92 Å². The van der Waals surface area contributed by atoms with Gasteiger partial charge in [-0.25, -0.2) is 13.4 Å². The zero-order valence-corrected chi connectivity index (χ0v) is 16.0. The number of halogens is 2. The number of nitrogens with zero attached hydrogens (tertiary/aromatic N) is 2. The molecule has 2 fully saturated rings. The second kappa shape index (κ2) is 6.87. The summed E-state index contributed by atoms with van der Waals surface area (Å²) in [6, 6.07) is 0.700. The molecule has 1 aliphatic heterocycles. The molecule has 1 aromatic rings. The van der Waals surface area contributed by atoms with Crippen molar-refractivity contribution >= 4 is 55.2 Å². The molecule has 1 amide bonds. The Morgan fingerprint density at radius 2 is 2.26 bits per heavy atom. The fourth-order valence-corrected chi connectivity index (χ4v) is 6.34. The number of carbonyl (C=O) groups is 1. The molecule has 126 valence electrons. The van der Waals surface area contributed by atoms with Crippen LogP contribution >= 0.6 is 39.3 Å². The summed E-state index contributed by atoms with van der Waals surface area (Å²) < 4.78 is 27.4. The van der Waals surface area contributed by atoms with E-state index in [-0.39, 0.29) is 21.8 Å². The lowest BCUT2D eigenvalue weighted by molar-refractivity contribution is -0.123. The first-order valence-electron chi connectivity index (χ1n) is 7.08. The highest BCUT2D eigenvalue weighted by Gasteiger charge is 2.41. The molecular formula is C13H15BrClN3O3S2. The number of rotatable bonds is 5. The van der Waals surface area contributed by atoms with Crippen LogP contribution in [-0.4, -0.2) is 47.8 Å². The number of hydrogen-bond acceptors (Lipinski definition) is 5. The van der Waals surface area contributed by atoms with Crippen molar-refractivity contribution in [3.63, 3.8) is 0 Å². The first-order chi connectivity index (χ1) is 10.9. The lowest BCUT2D eigenvalue weighted by Gasteiger charge is -2.23. The smallest absolute Gasteiger partial charge is 0.247 e. The van der Waals surface area contributed by atoms with E-state index in [0.29, 0.717) is 22.7 Å². The third-order valence-corrected chi connectivity index (χ3v) is 7.66. The second-order valence-electron chi connectivity index (χ2n) is 5.54. The Morgan fingerprint density at radius 3 is 2.96 bits per heavy atom. The molecule has 2 aliphatic rings. The van der Waals surface area contributed by atoms with Crippen LogP contribution in [0.15, 0.2) is 21.6 Å². The van der Waals surface area contributed by atoms with Gasteiger partial charge in [-0.1, -0.05) is 11.6 Å². The highest BCUT2D eigenvalue weighted by molar-refractivity contribution is 9.10. The van der Waals surface area contributed by atoms with Gasteiger partial charge in [0.1, 0.15) is 16.1 Å². The molecule has 10 heteroatoms. The van der Waals surface area contributed by atoms with E-state index in [9.17, 15) is 13.2 Å². The number of pyridine rings is 1. The molecular weight excluding hydrogens is 426 g/mol. The number of hydrogen-bond donors (Lipinski definition) is 1. The van der Waals surface area contributed by atoms with Gasteiger partial charge in [-0.2, -0.15) is 4.31 Å². The normalized spacial score (nSPS) is 22.3. The Kier molecular flexibility index (Phi) is 5.22. The minimum absolute atomic E-state index is 0.0870. The van der Waals surface area contributed by atoms with E-state index >= 15 is 0 Å². The minimum atomic E-state index is -3.88. The van der Waals surface area contributed by atoms with Crippen molar-refractivity contribution in [1.82, 2.24) is 14.6 Å². The van der Waals surface area contributed by atoms with Crippen molar-refractivity contribution in [2.24, 2.45) is 5.92 Å². The molecule has 2 heterocycles. The SMILES string of the molecule is O=C(NCC1CC1)C1CSCN1S(=O)(=O)c1cc(Br)cnc1Cl. The predicted octanol–water partition coefficient (Wildman–Crippen LogP) is 2.09. The van der Waals surface area contributed by atoms with E-state index in [1.165, 1.54) is 28.3 Å². The predicted molar refractivity (Wildman–Crippen MR) is 92.8 cm³/mol. The second-order valence-corrected chi connectivity index (χ2v) is 9.67. The minimum Gasteiger partial charge on any atom is -0.354 e. The molecule has 1 saturated carbocycles. The molecule has 0 radical (unpaired) electrons. The van der Waals surface area contributed by atoms with Crippen LogP contribution in [0.25, 0.3) is 0 Å². The summed E-state index contributed by atoms with van der Waals surface area (Å²) in [7, 11) is -3.88. The van der Waals surface area contributed by atoms with E-state index < -0.39 is 16.1 Å². The van der Waals surface area contributed by atoms with E-state index in [0.717, 1.165) is 12.8 Å². The largest absolute Gasteiger partial charge is 0.354 e. The molecule has 1 aromatic heterocycles. The summed E-state index contributed by atoms with van der Waals surface area (Å²) >= 11 is 10.6. The van der Waals surface area contributed by atoms with Gasteiger partial charge in [0.25, 0.3) is 0 Å². The van der Waals surface area contributed by atoms with Crippen molar-refractivity contribution < 1.29 is 13.2 Å². The van der Waals surface area contributed by atoms with Crippen molar-refractivity contribution in [3.8, 4) is 0 Å². The molecule has 1 N–H and O–H groups in total. The highest BCUT2D eigenvalue weighted by Crippen LogP contribution is 2.32. The quantitative estimate of drug-likeness (QED) is 0.709. The molecule has 0 spiro atoms. The first-order valence-corrected chi connectivity index (χ1v) is 10.8. The lowest BCUT2D eigenvalue weighted by Crippen LogP contribution is -2.47. The molecule has 1 unspecified atom stereocenters. The Labute approximate surface area is 152 Å². The standard InChI is InChI=1S/C13H15BrClN3O3S2/c14-9-3-11(12(15)16-5-9)23(20,21)18-7-22-6-10(18)13(19)17-4-8-1-2-8/h3,5,8,10H,1-2,4,6-7H2,(H,17,19). The summed E-state index contributed by atoms with van der Waals surface area (Å²) in [4.78, 5) is 16.1. The fraction of sp³-hybridized carbons (Fsp3) is 0.538. The van der Waals surface area contributed by atoms with Crippen molar-refractivity contribution in [2.45, 2.75) is 23.8 Å². The topological polar surface area (TPSA) is 79.4 Å². The van der Waals surface area contributed by atoms with Gasteiger partial charge in [0, 0.05) is 23.0 Å². The number of nitrogens with one attached hydrogen (secondary N) is 1. The van der Waals surface area contributed by atoms with E-state index in [1.54, 1.807) is 0 Å². The Balaban J connectivity index is 1.82. The summed E-state index contributed by atoms with van der Waals surface area (Å²) in [6.45, 7) is 0.618. The third-order valence-electron chi connectivity index (χ3n) is 3.77. The Hall–Kier alpha value is -0.350. The van der Waals surface area contributed by atoms with Crippen molar-refractivity contribution in [2.75, 3.05) is 18.2 Å². The number of amides is 1. The average Bonchev–Trinajstić information content (AvgIpc) is 3.20. The summed E-state index contributed by atoms with van der Waals surface area (Å²) in [6.07, 6.45) is 3.68. The van der Waals surface area contributed by atoms with Gasteiger partial charge in [-0.15, -0.1) is 11.8 Å². The molecule has 1 saturated heterocycles. The fourth-order valence-electron chi connectivity index (χ4n) is 2.27. The average molecular weight is 441 g/mol. The van der Waals surface area contributed by atoms with Crippen LogP contribution in [0.5, 0.6) is 0 Å². The van der Waals surface area contributed by atoms with Gasteiger partial charge in [-0.05, 0) is 40.8 Å². The van der Waals surface area contributed by atoms with Gasteiger partial charge in [-0.3, -0.25) is 4.79 Å². The van der Waals surface area contributed by atoms with Crippen LogP contribution in [-0.2, 0) is 14.8 Å². The van der Waals surface area contributed by atoms with Gasteiger partial charge in [0.15, 0.2) is 0 Å². The Morgan fingerprint density at radius 1 is 1.52 bits per heavy atom. The molecule has 23 heavy (non-hydrogen) atoms. The maximum absolute atomic E-state index is 12.9. The van der Waals surface area contributed by atoms with Crippen LogP contribution in [0.3, 0.4) is 0 Å². The van der Waals surface area contributed by atoms with Crippen LogP contribution in [0.1, 0.15) is 12.8 Å². The summed E-state index contributed by atoms with van der Waals surface area (Å²) in [5.74, 6) is 0.966. The van der Waals surface area contributed by atoms with Crippen LogP contribution in [0.2, 0.25) is 5.15 Å². The molecule has 1 atom stereocenters. The van der Waals surface area contributed by atoms with Crippen molar-refractivity contribution in [1.29, 1.82) is 0 Å². The van der Waals surface area contributed by atoms with Crippen LogP contribution < -0.4 is 5.32 Å². The lowest BCUT2D eigenvalue weighted by atomic mass is 10.3. The molecule has 1 aliphatic carbocycles. The van der Waals surface area contributed by atoms with E-state index in [4.69, 9.17) is 11.6 Å². The maximum atomic E-state index is 12.9. The number of sulfonamides is 1. The molecule has 0 aromatic carbocycles. The van der Waals surface area contributed by atoms with Crippen LogP contribution in [0.4, 0.5) is 0 Å². The first kappa shape index (κ1) is 17.5. The number of thioether (sulfide) groups is 1. The molecule has 3 rings (SSSR count). The van der Waals surface area contributed by atoms with E-state index in [2.05, 4.69) is 26.2 Å². The number of aromatic nitrogens is 1. The van der Waals surface area contributed by atoms with Crippen molar-refractivity contribution in [3.05, 3.63) is 21.9 Å². The van der Waals surface area contributed by atoms with Gasteiger partial charge in [0.2, 0.25) is 15.9 Å². The van der Waals surface area contributed by atoms with Gasteiger partial charge < -0.3 is 5.32 Å². The van der Waals surface area contributed by atoms with E-state index in [1.807, 2.05) is 0 Å². The Bertz CT molecular complexity index is 727. The highest BCUT2D eigenvalue weighted by atomic mass is 79.9. The summed E-state index contributed by atoms with van der Waals surface area (Å²) in [5.41, 5.74) is 0. The third kappa shape index (κ3) is 3.84. The zero-order valence-electron chi connectivity index (χ0n) is 12.0. The summed E-state index contributed by atoms with van der Waals surface area (Å²) in [5, 5.41) is 2.75. The molecule has 0 bridgehead atoms. The van der Waals surface area contributed by atoms with Gasteiger partial charge >= 0.3 is 0 Å². The zero-order chi connectivity index (χ0) is 16.6. The maximum Gasteiger partial charge on any atom is 0.247 e. The monoisotopic (exact) mass is 439 g/mol. The van der Waals surface area contributed by atoms with Gasteiger partial charge in [0.05, 0.1) is 5.88 Å².